The minimum Gasteiger partial charge on any atom is -0.379 e. The van der Waals surface area contributed by atoms with Crippen molar-refractivity contribution in [2.75, 3.05) is 44.7 Å². The SMILES string of the molecule is O=C1NC(=Nc2ccccc2)SC1=Cc1cnc(NCCN2CCOCC2)s1. The van der Waals surface area contributed by atoms with Crippen LogP contribution in [0.4, 0.5) is 10.8 Å². The van der Waals surface area contributed by atoms with Gasteiger partial charge in [0.25, 0.3) is 5.91 Å². The fraction of sp³-hybridized carbons (Fsp3) is 0.316. The summed E-state index contributed by atoms with van der Waals surface area (Å²) in [5.74, 6) is -0.130. The molecule has 7 nitrogen and oxygen atoms in total. The molecule has 1 amide bonds. The molecule has 2 fully saturated rings. The number of nitrogens with zero attached hydrogens (tertiary/aromatic N) is 3. The number of morpholine rings is 1. The first-order chi connectivity index (χ1) is 13.8. The summed E-state index contributed by atoms with van der Waals surface area (Å²) in [5, 5.41) is 7.62. The first-order valence-corrected chi connectivity index (χ1v) is 10.7. The normalized spacial score (nSPS) is 20.6. The molecule has 9 heteroatoms. The zero-order chi connectivity index (χ0) is 19.2. The van der Waals surface area contributed by atoms with E-state index in [-0.39, 0.29) is 5.91 Å². The van der Waals surface area contributed by atoms with Crippen molar-refractivity contribution >= 4 is 51.1 Å². The van der Waals surface area contributed by atoms with Crippen LogP contribution in [-0.4, -0.2) is 60.4 Å². The van der Waals surface area contributed by atoms with E-state index in [2.05, 4.69) is 25.5 Å². The number of carbonyl (C=O) groups is 1. The van der Waals surface area contributed by atoms with E-state index < -0.39 is 0 Å². The second kappa shape index (κ2) is 9.33. The first kappa shape index (κ1) is 19.1. The topological polar surface area (TPSA) is 78.8 Å². The van der Waals surface area contributed by atoms with Crippen LogP contribution in [0.15, 0.2) is 46.4 Å². The van der Waals surface area contributed by atoms with Gasteiger partial charge in [-0.25, -0.2) is 9.98 Å². The number of aromatic nitrogens is 1. The molecule has 4 rings (SSSR count). The third-order valence-corrected chi connectivity index (χ3v) is 6.05. The summed E-state index contributed by atoms with van der Waals surface area (Å²) in [6.07, 6.45) is 3.65. The molecule has 28 heavy (non-hydrogen) atoms. The van der Waals surface area contributed by atoms with Crippen molar-refractivity contribution in [2.24, 2.45) is 4.99 Å². The Hall–Kier alpha value is -2.20. The molecule has 0 spiro atoms. The lowest BCUT2D eigenvalue weighted by Gasteiger charge is -2.26. The van der Waals surface area contributed by atoms with Gasteiger partial charge in [0, 0.05) is 32.4 Å². The third-order valence-electron chi connectivity index (χ3n) is 4.24. The summed E-state index contributed by atoms with van der Waals surface area (Å²) in [7, 11) is 0. The van der Waals surface area contributed by atoms with Crippen molar-refractivity contribution < 1.29 is 9.53 Å². The molecule has 1 aromatic carbocycles. The summed E-state index contributed by atoms with van der Waals surface area (Å²) in [6, 6.07) is 9.58. The Bertz CT molecular complexity index is 875. The van der Waals surface area contributed by atoms with Crippen LogP contribution in [0.25, 0.3) is 6.08 Å². The average Bonchev–Trinajstić information content (AvgIpc) is 3.30. The highest BCUT2D eigenvalue weighted by Gasteiger charge is 2.24. The molecule has 2 aliphatic heterocycles. The predicted octanol–water partition coefficient (Wildman–Crippen LogP) is 2.78. The second-order valence-electron chi connectivity index (χ2n) is 6.27. The zero-order valence-corrected chi connectivity index (χ0v) is 16.9. The van der Waals surface area contributed by atoms with E-state index in [0.717, 1.165) is 55.1 Å². The summed E-state index contributed by atoms with van der Waals surface area (Å²) in [4.78, 5) is 25.0. The fourth-order valence-corrected chi connectivity index (χ4v) is 4.50. The van der Waals surface area contributed by atoms with Gasteiger partial charge >= 0.3 is 0 Å². The molecule has 2 N–H and O–H groups in total. The molecule has 2 aliphatic rings. The number of para-hydroxylation sites is 1. The Morgan fingerprint density at radius 2 is 2.11 bits per heavy atom. The molecule has 0 saturated carbocycles. The minimum atomic E-state index is -0.130. The third kappa shape index (κ3) is 5.20. The lowest BCUT2D eigenvalue weighted by atomic mass is 10.3. The van der Waals surface area contributed by atoms with Crippen molar-refractivity contribution in [1.29, 1.82) is 0 Å². The quantitative estimate of drug-likeness (QED) is 0.707. The van der Waals surface area contributed by atoms with E-state index >= 15 is 0 Å². The molecular formula is C19H21N5O2S2. The van der Waals surface area contributed by atoms with Crippen LogP contribution in [0, 0.1) is 0 Å². The number of thioether (sulfide) groups is 1. The Labute approximate surface area is 171 Å². The molecule has 2 saturated heterocycles. The first-order valence-electron chi connectivity index (χ1n) is 9.11. The van der Waals surface area contributed by atoms with Gasteiger partial charge in [-0.3, -0.25) is 9.69 Å². The standard InChI is InChI=1S/C19H21N5O2S2/c25-17-16(28-19(23-17)22-14-4-2-1-3-5-14)12-15-13-21-18(27-15)20-6-7-24-8-10-26-11-9-24/h1-5,12-13H,6-11H2,(H,20,21)(H,22,23,25). The maximum atomic E-state index is 12.2. The van der Waals surface area contributed by atoms with Crippen molar-refractivity contribution in [2.45, 2.75) is 0 Å². The van der Waals surface area contributed by atoms with Crippen molar-refractivity contribution in [3.8, 4) is 0 Å². The Morgan fingerprint density at radius 1 is 1.29 bits per heavy atom. The molecule has 0 atom stereocenters. The number of thiazole rings is 1. The van der Waals surface area contributed by atoms with Crippen LogP contribution in [-0.2, 0) is 9.53 Å². The molecule has 0 aliphatic carbocycles. The zero-order valence-electron chi connectivity index (χ0n) is 15.3. The van der Waals surface area contributed by atoms with Crippen LogP contribution < -0.4 is 10.6 Å². The van der Waals surface area contributed by atoms with Crippen molar-refractivity contribution in [3.05, 3.63) is 46.3 Å². The Morgan fingerprint density at radius 3 is 2.93 bits per heavy atom. The average molecular weight is 416 g/mol. The second-order valence-corrected chi connectivity index (χ2v) is 8.36. The number of hydrogen-bond donors (Lipinski definition) is 2. The highest BCUT2D eigenvalue weighted by Crippen LogP contribution is 2.30. The molecule has 1 aromatic heterocycles. The van der Waals surface area contributed by atoms with E-state index in [9.17, 15) is 4.79 Å². The van der Waals surface area contributed by atoms with Crippen LogP contribution in [0.2, 0.25) is 0 Å². The predicted molar refractivity (Wildman–Crippen MR) is 115 cm³/mol. The number of nitrogens with one attached hydrogen (secondary N) is 2. The van der Waals surface area contributed by atoms with Gasteiger partial charge in [0.2, 0.25) is 0 Å². The van der Waals surface area contributed by atoms with Gasteiger partial charge < -0.3 is 15.4 Å². The number of ether oxygens (including phenoxy) is 1. The van der Waals surface area contributed by atoms with Crippen LogP contribution in [0.5, 0.6) is 0 Å². The highest BCUT2D eigenvalue weighted by molar-refractivity contribution is 8.18. The lowest BCUT2D eigenvalue weighted by Crippen LogP contribution is -2.38. The molecule has 0 radical (unpaired) electrons. The van der Waals surface area contributed by atoms with E-state index in [1.54, 1.807) is 6.20 Å². The van der Waals surface area contributed by atoms with E-state index in [1.165, 1.54) is 23.1 Å². The maximum Gasteiger partial charge on any atom is 0.264 e. The molecular weight excluding hydrogens is 394 g/mol. The molecule has 3 heterocycles. The Kier molecular flexibility index (Phi) is 6.38. The fourth-order valence-electron chi connectivity index (χ4n) is 2.81. The van der Waals surface area contributed by atoms with Crippen LogP contribution in [0.1, 0.15) is 4.88 Å². The van der Waals surface area contributed by atoms with Crippen molar-refractivity contribution in [3.63, 3.8) is 0 Å². The van der Waals surface area contributed by atoms with Gasteiger partial charge in [0.15, 0.2) is 10.3 Å². The van der Waals surface area contributed by atoms with Gasteiger partial charge in [-0.2, -0.15) is 0 Å². The van der Waals surface area contributed by atoms with Gasteiger partial charge in [0.05, 0.1) is 28.7 Å². The lowest BCUT2D eigenvalue weighted by molar-refractivity contribution is -0.115. The van der Waals surface area contributed by atoms with Crippen LogP contribution >= 0.6 is 23.1 Å². The van der Waals surface area contributed by atoms with Crippen molar-refractivity contribution in [1.82, 2.24) is 15.2 Å². The maximum absolute atomic E-state index is 12.2. The smallest absolute Gasteiger partial charge is 0.264 e. The van der Waals surface area contributed by atoms with Gasteiger partial charge in [-0.1, -0.05) is 29.5 Å². The van der Waals surface area contributed by atoms with Crippen LogP contribution in [0.3, 0.4) is 0 Å². The number of aliphatic imine (C=N–C) groups is 1. The van der Waals surface area contributed by atoms with Gasteiger partial charge in [-0.05, 0) is 30.0 Å². The van der Waals surface area contributed by atoms with E-state index in [4.69, 9.17) is 4.74 Å². The van der Waals surface area contributed by atoms with Gasteiger partial charge in [-0.15, -0.1) is 0 Å². The molecule has 0 bridgehead atoms. The Balaban J connectivity index is 1.33. The molecule has 2 aromatic rings. The van der Waals surface area contributed by atoms with E-state index in [0.29, 0.717) is 10.1 Å². The summed E-state index contributed by atoms with van der Waals surface area (Å²) < 4.78 is 5.36. The number of rotatable bonds is 6. The number of anilines is 1. The highest BCUT2D eigenvalue weighted by atomic mass is 32.2. The molecule has 146 valence electrons. The number of hydrogen-bond acceptors (Lipinski definition) is 8. The minimum absolute atomic E-state index is 0.130. The largest absolute Gasteiger partial charge is 0.379 e. The molecule has 0 unspecified atom stereocenters. The number of carbonyl (C=O) groups excluding carboxylic acids is 1. The number of amidine groups is 1. The van der Waals surface area contributed by atoms with Gasteiger partial charge in [0.1, 0.15) is 0 Å². The number of amides is 1. The van der Waals surface area contributed by atoms with E-state index in [1.807, 2.05) is 36.4 Å². The summed E-state index contributed by atoms with van der Waals surface area (Å²) in [5.41, 5.74) is 0.816. The summed E-state index contributed by atoms with van der Waals surface area (Å²) >= 11 is 2.88. The number of benzene rings is 1. The summed E-state index contributed by atoms with van der Waals surface area (Å²) in [6.45, 7) is 5.39. The monoisotopic (exact) mass is 415 g/mol.